The molecular weight excluding hydrogens is 418 g/mol. The van der Waals surface area contributed by atoms with Gasteiger partial charge in [-0.05, 0) is 53.9 Å². The molecule has 0 spiro atoms. The van der Waals surface area contributed by atoms with Crippen molar-refractivity contribution in [3.8, 4) is 11.5 Å². The monoisotopic (exact) mass is 441 g/mol. The number of carbonyl (C=O) groups excluding carboxylic acids is 1. The second kappa shape index (κ2) is 8.47. The number of methoxy groups -OCH3 is 2. The highest BCUT2D eigenvalue weighted by molar-refractivity contribution is 5.99. The fourth-order valence-electron chi connectivity index (χ4n) is 4.37. The molecule has 33 heavy (non-hydrogen) atoms. The molecule has 2 heterocycles. The third-order valence-corrected chi connectivity index (χ3v) is 6.11. The first kappa shape index (κ1) is 20.8. The van der Waals surface area contributed by atoms with Gasteiger partial charge in [0.1, 0.15) is 17.1 Å². The van der Waals surface area contributed by atoms with Crippen LogP contribution in [-0.4, -0.2) is 31.6 Å². The van der Waals surface area contributed by atoms with Crippen molar-refractivity contribution in [3.63, 3.8) is 0 Å². The highest BCUT2D eigenvalue weighted by Gasteiger charge is 2.42. The van der Waals surface area contributed by atoms with Gasteiger partial charge in [-0.1, -0.05) is 36.4 Å². The first-order chi connectivity index (χ1) is 16.1. The second-order valence-corrected chi connectivity index (χ2v) is 7.94. The van der Waals surface area contributed by atoms with E-state index in [0.29, 0.717) is 35.2 Å². The molecule has 0 bridgehead atoms. The van der Waals surface area contributed by atoms with E-state index < -0.39 is 6.04 Å². The summed E-state index contributed by atoms with van der Waals surface area (Å²) in [6.07, 6.45) is 0.629. The molecule has 1 aromatic heterocycles. The van der Waals surface area contributed by atoms with Crippen LogP contribution in [0.25, 0.3) is 11.0 Å². The summed E-state index contributed by atoms with van der Waals surface area (Å²) in [7, 11) is 3.23. The first-order valence-electron chi connectivity index (χ1n) is 10.7. The van der Waals surface area contributed by atoms with Crippen molar-refractivity contribution in [3.05, 3.63) is 105 Å². The summed E-state index contributed by atoms with van der Waals surface area (Å²) in [4.78, 5) is 28.7. The topological polar surface area (TPSA) is 69.0 Å². The maximum Gasteiger partial charge on any atom is 0.290 e. The van der Waals surface area contributed by atoms with E-state index in [9.17, 15) is 9.59 Å². The lowest BCUT2D eigenvalue weighted by Gasteiger charge is -2.25. The lowest BCUT2D eigenvalue weighted by Crippen LogP contribution is -2.31. The van der Waals surface area contributed by atoms with Crippen LogP contribution in [0.4, 0.5) is 0 Å². The maximum atomic E-state index is 13.5. The fourth-order valence-corrected chi connectivity index (χ4v) is 4.37. The summed E-state index contributed by atoms with van der Waals surface area (Å²) in [5.41, 5.74) is 2.53. The number of rotatable bonds is 6. The smallest absolute Gasteiger partial charge is 0.290 e. The van der Waals surface area contributed by atoms with Crippen LogP contribution in [0.15, 0.2) is 82.0 Å². The van der Waals surface area contributed by atoms with Crippen LogP contribution in [0.3, 0.4) is 0 Å². The Balaban J connectivity index is 1.58. The van der Waals surface area contributed by atoms with Gasteiger partial charge in [0, 0.05) is 6.54 Å². The number of para-hydroxylation sites is 1. The predicted octanol–water partition coefficient (Wildman–Crippen LogP) is 4.60. The largest absolute Gasteiger partial charge is 0.497 e. The Morgan fingerprint density at radius 2 is 1.48 bits per heavy atom. The Morgan fingerprint density at radius 1 is 0.848 bits per heavy atom. The van der Waals surface area contributed by atoms with E-state index in [2.05, 4.69) is 0 Å². The fraction of sp³-hybridized carbons (Fsp3) is 0.185. The zero-order valence-corrected chi connectivity index (χ0v) is 18.4. The zero-order valence-electron chi connectivity index (χ0n) is 18.4. The van der Waals surface area contributed by atoms with Crippen molar-refractivity contribution in [1.82, 2.24) is 4.90 Å². The average Bonchev–Trinajstić information content (AvgIpc) is 3.15. The number of carbonyl (C=O) groups is 1. The van der Waals surface area contributed by atoms with Gasteiger partial charge in [-0.2, -0.15) is 0 Å². The standard InChI is InChI=1S/C27H23NO5/c1-31-19-11-7-17(8-12-19)15-16-28-24(18-9-13-20(32-2)14-10-18)23-25(29)21-5-3-4-6-22(21)33-26(23)27(28)30/h3-14,24H,15-16H2,1-2H3/t24-/m0/s1. The number of hydrogen-bond donors (Lipinski definition) is 0. The molecule has 0 saturated carbocycles. The van der Waals surface area contributed by atoms with Crippen molar-refractivity contribution in [1.29, 1.82) is 0 Å². The number of amides is 1. The molecule has 6 heteroatoms. The minimum Gasteiger partial charge on any atom is -0.497 e. The van der Waals surface area contributed by atoms with Gasteiger partial charge < -0.3 is 18.8 Å². The van der Waals surface area contributed by atoms with Gasteiger partial charge >= 0.3 is 0 Å². The van der Waals surface area contributed by atoms with E-state index in [1.54, 1.807) is 43.4 Å². The van der Waals surface area contributed by atoms with Crippen LogP contribution < -0.4 is 14.9 Å². The van der Waals surface area contributed by atoms with Gasteiger partial charge in [0.25, 0.3) is 5.91 Å². The SMILES string of the molecule is COc1ccc(CCN2C(=O)c3oc4ccccc4c(=O)c3[C@@H]2c2ccc(OC)cc2)cc1. The number of nitrogens with zero attached hydrogens (tertiary/aromatic N) is 1. The lowest BCUT2D eigenvalue weighted by molar-refractivity contribution is 0.0730. The van der Waals surface area contributed by atoms with Crippen LogP contribution in [0.2, 0.25) is 0 Å². The molecule has 0 aliphatic carbocycles. The molecule has 0 fully saturated rings. The van der Waals surface area contributed by atoms with Crippen molar-refractivity contribution in [2.45, 2.75) is 12.5 Å². The zero-order chi connectivity index (χ0) is 22.9. The van der Waals surface area contributed by atoms with Crippen molar-refractivity contribution in [2.24, 2.45) is 0 Å². The molecule has 1 aliphatic heterocycles. The Bertz CT molecular complexity index is 1370. The summed E-state index contributed by atoms with van der Waals surface area (Å²) in [5, 5.41) is 0.472. The van der Waals surface area contributed by atoms with Crippen molar-refractivity contribution in [2.75, 3.05) is 20.8 Å². The second-order valence-electron chi connectivity index (χ2n) is 7.94. The van der Waals surface area contributed by atoms with E-state index in [4.69, 9.17) is 13.9 Å². The van der Waals surface area contributed by atoms with E-state index in [-0.39, 0.29) is 17.1 Å². The number of hydrogen-bond acceptors (Lipinski definition) is 5. The molecule has 1 aliphatic rings. The Morgan fingerprint density at radius 3 is 2.15 bits per heavy atom. The van der Waals surface area contributed by atoms with Crippen molar-refractivity contribution < 1.29 is 18.7 Å². The summed E-state index contributed by atoms with van der Waals surface area (Å²) in [6, 6.07) is 21.7. The molecule has 0 radical (unpaired) electrons. The van der Waals surface area contributed by atoms with E-state index in [1.165, 1.54) is 0 Å². The summed E-state index contributed by atoms with van der Waals surface area (Å²) >= 11 is 0. The molecule has 0 unspecified atom stereocenters. The van der Waals surface area contributed by atoms with Gasteiger partial charge in [-0.3, -0.25) is 9.59 Å². The highest BCUT2D eigenvalue weighted by atomic mass is 16.5. The quantitative estimate of drug-likeness (QED) is 0.438. The third-order valence-electron chi connectivity index (χ3n) is 6.11. The molecule has 1 amide bonds. The Labute approximate surface area is 191 Å². The van der Waals surface area contributed by atoms with Crippen molar-refractivity contribution >= 4 is 16.9 Å². The molecule has 6 nitrogen and oxygen atoms in total. The van der Waals surface area contributed by atoms with E-state index in [0.717, 1.165) is 16.9 Å². The number of benzene rings is 3. The number of fused-ring (bicyclic) bond motifs is 2. The first-order valence-corrected chi connectivity index (χ1v) is 10.7. The Kier molecular flexibility index (Phi) is 5.34. The predicted molar refractivity (Wildman–Crippen MR) is 125 cm³/mol. The molecule has 0 N–H and O–H groups in total. The van der Waals surface area contributed by atoms with E-state index in [1.807, 2.05) is 48.5 Å². The van der Waals surface area contributed by atoms with Gasteiger partial charge in [-0.15, -0.1) is 0 Å². The normalized spacial score (nSPS) is 15.0. The summed E-state index contributed by atoms with van der Waals surface area (Å²) in [5.74, 6) is 1.33. The minimum atomic E-state index is -0.530. The molecule has 166 valence electrons. The van der Waals surface area contributed by atoms with Gasteiger partial charge in [0.2, 0.25) is 5.76 Å². The molecule has 5 rings (SSSR count). The summed E-state index contributed by atoms with van der Waals surface area (Å²) in [6.45, 7) is 0.432. The minimum absolute atomic E-state index is 0.120. The van der Waals surface area contributed by atoms with Crippen LogP contribution in [0.5, 0.6) is 11.5 Å². The molecule has 3 aromatic carbocycles. The molecule has 1 atom stereocenters. The maximum absolute atomic E-state index is 13.5. The molecule has 0 saturated heterocycles. The lowest BCUT2D eigenvalue weighted by atomic mass is 9.98. The Hall–Kier alpha value is -4.06. The van der Waals surface area contributed by atoms with Crippen LogP contribution in [0.1, 0.15) is 33.3 Å². The van der Waals surface area contributed by atoms with E-state index >= 15 is 0 Å². The highest BCUT2D eigenvalue weighted by Crippen LogP contribution is 2.38. The van der Waals surface area contributed by atoms with Gasteiger partial charge in [-0.25, -0.2) is 0 Å². The molecule has 4 aromatic rings. The van der Waals surface area contributed by atoms with Gasteiger partial charge in [0.15, 0.2) is 5.43 Å². The van der Waals surface area contributed by atoms with Crippen LogP contribution in [-0.2, 0) is 6.42 Å². The molecular formula is C27H23NO5. The number of ether oxygens (including phenoxy) is 2. The van der Waals surface area contributed by atoms with Crippen LogP contribution >= 0.6 is 0 Å². The average molecular weight is 441 g/mol. The van der Waals surface area contributed by atoms with Crippen LogP contribution in [0, 0.1) is 0 Å². The van der Waals surface area contributed by atoms with Gasteiger partial charge in [0.05, 0.1) is 31.2 Å². The summed E-state index contributed by atoms with van der Waals surface area (Å²) < 4.78 is 16.5. The third kappa shape index (κ3) is 3.63.